The first-order valence-corrected chi connectivity index (χ1v) is 11.9. The maximum atomic E-state index is 12.4. The molecule has 0 radical (unpaired) electrons. The third-order valence-corrected chi connectivity index (χ3v) is 7.66. The smallest absolute Gasteiger partial charge is 0.165 e. The lowest BCUT2D eigenvalue weighted by molar-refractivity contribution is -0.00823. The third-order valence-electron chi connectivity index (χ3n) is 7.31. The van der Waals surface area contributed by atoms with Crippen LogP contribution in [0.2, 0.25) is 5.02 Å². The Morgan fingerprint density at radius 2 is 1.94 bits per heavy atom. The van der Waals surface area contributed by atoms with Crippen molar-refractivity contribution in [3.05, 3.63) is 63.7 Å². The van der Waals surface area contributed by atoms with Gasteiger partial charge in [-0.15, -0.1) is 0 Å². The van der Waals surface area contributed by atoms with Crippen molar-refractivity contribution < 1.29 is 14.6 Å². The van der Waals surface area contributed by atoms with Gasteiger partial charge in [-0.2, -0.15) is 0 Å². The van der Waals surface area contributed by atoms with Crippen LogP contribution in [0, 0.1) is 11.8 Å². The van der Waals surface area contributed by atoms with Crippen LogP contribution in [0.4, 0.5) is 0 Å². The number of hydrogen-bond acceptors (Lipinski definition) is 3. The van der Waals surface area contributed by atoms with Crippen LogP contribution in [-0.4, -0.2) is 23.1 Å². The number of halogens is 1. The number of hydrogen-bond donors (Lipinski definition) is 1. The van der Waals surface area contributed by atoms with Crippen molar-refractivity contribution in [1.82, 2.24) is 0 Å². The maximum Gasteiger partial charge on any atom is 0.165 e. The molecule has 3 nitrogen and oxygen atoms in total. The minimum Gasteiger partial charge on any atom is -0.493 e. The summed E-state index contributed by atoms with van der Waals surface area (Å²) in [6.07, 6.45) is 6.17. The molecule has 31 heavy (non-hydrogen) atoms. The van der Waals surface area contributed by atoms with Gasteiger partial charge >= 0.3 is 0 Å². The van der Waals surface area contributed by atoms with Crippen LogP contribution in [0.15, 0.2) is 36.4 Å². The van der Waals surface area contributed by atoms with Crippen molar-refractivity contribution in [2.24, 2.45) is 11.8 Å². The Kier molecular flexibility index (Phi) is 5.18. The number of carbonyl (C=O) groups excluding carboxylic acids is 1. The Bertz CT molecular complexity index is 1020. The molecule has 2 aromatic rings. The number of rotatable bonds is 8. The van der Waals surface area contributed by atoms with Crippen LogP contribution >= 0.6 is 11.6 Å². The summed E-state index contributed by atoms with van der Waals surface area (Å²) in [5, 5.41) is 12.5. The summed E-state index contributed by atoms with van der Waals surface area (Å²) in [6.45, 7) is 5.14. The van der Waals surface area contributed by atoms with Gasteiger partial charge in [-0.1, -0.05) is 55.8 Å². The summed E-state index contributed by atoms with van der Waals surface area (Å²) in [4.78, 5) is 12.4. The molecule has 1 unspecified atom stereocenters. The standard InChI is InChI=1S/C27H31ClO3/c1-26(2,22-5-3-4-18-12-13-31-25(18)22)16-27(30,21-10-11-21)15-20-9-8-19(14-23(20)28)24(29)17-6-7-17/h3-5,8-9,14,17,21,30H,6-7,10-13,15-16H2,1-2H3. The first kappa shape index (κ1) is 21.0. The van der Waals surface area contributed by atoms with Gasteiger partial charge in [0.05, 0.1) is 12.2 Å². The number of benzene rings is 2. The molecule has 2 aromatic carbocycles. The average molecular weight is 439 g/mol. The summed E-state index contributed by atoms with van der Waals surface area (Å²) in [6, 6.07) is 12.0. The first-order chi connectivity index (χ1) is 14.8. The zero-order valence-corrected chi connectivity index (χ0v) is 19.2. The number of carbonyl (C=O) groups is 1. The second-order valence-electron chi connectivity index (χ2n) is 10.5. The fourth-order valence-electron chi connectivity index (χ4n) is 5.34. The topological polar surface area (TPSA) is 46.5 Å². The van der Waals surface area contributed by atoms with E-state index in [2.05, 4.69) is 32.0 Å². The second-order valence-corrected chi connectivity index (χ2v) is 10.9. The molecule has 0 amide bonds. The first-order valence-electron chi connectivity index (χ1n) is 11.6. The molecule has 0 saturated heterocycles. The van der Waals surface area contributed by atoms with E-state index in [0.29, 0.717) is 23.4 Å². The van der Waals surface area contributed by atoms with Gasteiger partial charge in [-0.05, 0) is 60.6 Å². The number of ether oxygens (including phenoxy) is 1. The van der Waals surface area contributed by atoms with E-state index in [0.717, 1.165) is 50.0 Å². The molecule has 1 N–H and O–H groups in total. The Morgan fingerprint density at radius 1 is 1.16 bits per heavy atom. The lowest BCUT2D eigenvalue weighted by Crippen LogP contribution is -2.41. The van der Waals surface area contributed by atoms with Crippen LogP contribution < -0.4 is 4.74 Å². The molecule has 2 fully saturated rings. The molecule has 2 aliphatic carbocycles. The van der Waals surface area contributed by atoms with E-state index in [-0.39, 0.29) is 23.0 Å². The Morgan fingerprint density at radius 3 is 2.61 bits per heavy atom. The molecule has 164 valence electrons. The van der Waals surface area contributed by atoms with E-state index in [1.807, 2.05) is 12.1 Å². The fourth-order valence-corrected chi connectivity index (χ4v) is 5.58. The molecule has 5 rings (SSSR count). The van der Waals surface area contributed by atoms with Crippen molar-refractivity contribution >= 4 is 17.4 Å². The number of ketones is 1. The highest BCUT2D eigenvalue weighted by Gasteiger charge is 2.48. The Labute approximate surface area is 189 Å². The highest BCUT2D eigenvalue weighted by molar-refractivity contribution is 6.31. The van der Waals surface area contributed by atoms with E-state index in [9.17, 15) is 9.90 Å². The molecular formula is C27H31ClO3. The normalized spacial score (nSPS) is 20.1. The minimum atomic E-state index is -0.837. The van der Waals surface area contributed by atoms with Crippen LogP contribution in [0.3, 0.4) is 0 Å². The van der Waals surface area contributed by atoms with E-state index in [1.165, 1.54) is 11.1 Å². The van der Waals surface area contributed by atoms with Crippen molar-refractivity contribution in [3.63, 3.8) is 0 Å². The van der Waals surface area contributed by atoms with Crippen molar-refractivity contribution in [2.45, 2.75) is 69.8 Å². The van der Waals surface area contributed by atoms with E-state index >= 15 is 0 Å². The number of Topliss-reactive ketones (excluding diaryl/α,β-unsaturated/α-hetero) is 1. The third kappa shape index (κ3) is 4.15. The highest BCUT2D eigenvalue weighted by Crippen LogP contribution is 2.50. The molecule has 3 aliphatic rings. The average Bonchev–Trinajstić information content (AvgIpc) is 3.64. The summed E-state index contributed by atoms with van der Waals surface area (Å²) in [5.74, 6) is 1.67. The number of aliphatic hydroxyl groups is 1. The monoisotopic (exact) mass is 438 g/mol. The van der Waals surface area contributed by atoms with Crippen molar-refractivity contribution in [2.75, 3.05) is 6.61 Å². The molecule has 1 atom stereocenters. The quantitative estimate of drug-likeness (QED) is 0.520. The van der Waals surface area contributed by atoms with E-state index in [1.54, 1.807) is 6.07 Å². The predicted molar refractivity (Wildman–Crippen MR) is 123 cm³/mol. The zero-order chi connectivity index (χ0) is 21.8. The predicted octanol–water partition coefficient (Wildman–Crippen LogP) is 5.92. The molecule has 2 saturated carbocycles. The highest BCUT2D eigenvalue weighted by atomic mass is 35.5. The van der Waals surface area contributed by atoms with Crippen LogP contribution in [0.1, 0.15) is 73.0 Å². The Balaban J connectivity index is 1.40. The van der Waals surface area contributed by atoms with Crippen molar-refractivity contribution in [1.29, 1.82) is 0 Å². The molecule has 0 spiro atoms. The van der Waals surface area contributed by atoms with Gasteiger partial charge in [0.2, 0.25) is 0 Å². The van der Waals surface area contributed by atoms with Gasteiger partial charge in [0.15, 0.2) is 5.78 Å². The maximum absolute atomic E-state index is 12.4. The fraction of sp³-hybridized carbons (Fsp3) is 0.519. The van der Waals surface area contributed by atoms with E-state index < -0.39 is 5.60 Å². The van der Waals surface area contributed by atoms with Gasteiger partial charge in [0, 0.05) is 34.9 Å². The van der Waals surface area contributed by atoms with Gasteiger partial charge in [-0.25, -0.2) is 0 Å². The van der Waals surface area contributed by atoms with Gasteiger partial charge in [0.25, 0.3) is 0 Å². The number of fused-ring (bicyclic) bond motifs is 1. The molecule has 0 aromatic heterocycles. The summed E-state index contributed by atoms with van der Waals surface area (Å²) in [5.41, 5.74) is 2.99. The zero-order valence-electron chi connectivity index (χ0n) is 18.4. The minimum absolute atomic E-state index is 0.181. The molecular weight excluding hydrogens is 408 g/mol. The van der Waals surface area contributed by atoms with Crippen LogP contribution in [0.5, 0.6) is 5.75 Å². The SMILES string of the molecule is CC(C)(CC(O)(Cc1ccc(C(=O)C2CC2)cc1Cl)C1CC1)c1cccc2c1OCC2. The van der Waals surface area contributed by atoms with Gasteiger partial charge in [0.1, 0.15) is 5.75 Å². The lowest BCUT2D eigenvalue weighted by atomic mass is 9.71. The number of para-hydroxylation sites is 1. The lowest BCUT2D eigenvalue weighted by Gasteiger charge is -2.38. The molecule has 0 bridgehead atoms. The van der Waals surface area contributed by atoms with Gasteiger partial charge in [-0.3, -0.25) is 4.79 Å². The second kappa shape index (κ2) is 7.64. The Hall–Kier alpha value is -1.84. The molecule has 1 heterocycles. The van der Waals surface area contributed by atoms with Crippen LogP contribution in [0.25, 0.3) is 0 Å². The summed E-state index contributed by atoms with van der Waals surface area (Å²) >= 11 is 6.61. The summed E-state index contributed by atoms with van der Waals surface area (Å²) < 4.78 is 5.97. The largest absolute Gasteiger partial charge is 0.493 e. The van der Waals surface area contributed by atoms with Crippen molar-refractivity contribution in [3.8, 4) is 5.75 Å². The van der Waals surface area contributed by atoms with Crippen LogP contribution in [-0.2, 0) is 18.3 Å². The summed E-state index contributed by atoms with van der Waals surface area (Å²) in [7, 11) is 0. The molecule has 4 heteroatoms. The van der Waals surface area contributed by atoms with E-state index in [4.69, 9.17) is 16.3 Å². The molecule has 1 aliphatic heterocycles. The van der Waals surface area contributed by atoms with Gasteiger partial charge < -0.3 is 9.84 Å².